The maximum Gasteiger partial charge on any atom is 0.431 e. The van der Waals surface area contributed by atoms with Gasteiger partial charge in [-0.2, -0.15) is 18.2 Å². The molecular formula is C16H10F4N4O5. The number of likely N-dealkylation sites (N-methyl/N-ethyl adjacent to an activating group) is 1. The van der Waals surface area contributed by atoms with E-state index in [0.29, 0.717) is 0 Å². The number of aliphatic imine (C=N–C) groups is 1. The molecule has 152 valence electrons. The van der Waals surface area contributed by atoms with Crippen LogP contribution in [0.1, 0.15) is 5.69 Å². The quantitative estimate of drug-likeness (QED) is 0.415. The van der Waals surface area contributed by atoms with Gasteiger partial charge in [0.1, 0.15) is 28.5 Å². The number of anilines is 1. The zero-order valence-electron chi connectivity index (χ0n) is 14.7. The van der Waals surface area contributed by atoms with E-state index in [1.165, 1.54) is 7.05 Å². The van der Waals surface area contributed by atoms with E-state index in [1.807, 2.05) is 0 Å². The third kappa shape index (κ3) is 3.10. The lowest BCUT2D eigenvalue weighted by molar-refractivity contribution is -0.144. The van der Waals surface area contributed by atoms with Gasteiger partial charge in [0, 0.05) is 26.2 Å². The number of hydrogen-bond donors (Lipinski definition) is 0. The van der Waals surface area contributed by atoms with Crippen molar-refractivity contribution in [3.8, 4) is 11.4 Å². The van der Waals surface area contributed by atoms with Crippen molar-refractivity contribution >= 4 is 23.4 Å². The van der Waals surface area contributed by atoms with E-state index < -0.39 is 52.8 Å². The first-order valence-corrected chi connectivity index (χ1v) is 7.73. The summed E-state index contributed by atoms with van der Waals surface area (Å²) in [7, 11) is 1.97. The normalized spacial score (nSPS) is 13.6. The van der Waals surface area contributed by atoms with Gasteiger partial charge in [-0.3, -0.25) is 14.2 Å². The average Bonchev–Trinajstić information content (AvgIpc) is 2.62. The van der Waals surface area contributed by atoms with Crippen molar-refractivity contribution in [1.29, 1.82) is 0 Å². The summed E-state index contributed by atoms with van der Waals surface area (Å²) in [5, 5.41) is 0. The third-order valence-corrected chi connectivity index (χ3v) is 4.22. The Morgan fingerprint density at radius 3 is 2.38 bits per heavy atom. The predicted octanol–water partition coefficient (Wildman–Crippen LogP) is 1.02. The first-order chi connectivity index (χ1) is 13.5. The number of nitrogens with zero attached hydrogens (tertiary/aromatic N) is 4. The van der Waals surface area contributed by atoms with Crippen LogP contribution in [0.4, 0.5) is 28.9 Å². The molecule has 0 saturated heterocycles. The first-order valence-electron chi connectivity index (χ1n) is 7.73. The zero-order valence-corrected chi connectivity index (χ0v) is 14.7. The number of amides is 1. The minimum Gasteiger partial charge on any atom is -0.481 e. The average molecular weight is 414 g/mol. The molecule has 2 aromatic rings. The van der Waals surface area contributed by atoms with Crippen LogP contribution < -0.4 is 20.9 Å². The molecule has 1 amide bonds. The van der Waals surface area contributed by atoms with Gasteiger partial charge in [-0.1, -0.05) is 0 Å². The van der Waals surface area contributed by atoms with Gasteiger partial charge in [0.2, 0.25) is 6.08 Å². The molecule has 0 fully saturated rings. The van der Waals surface area contributed by atoms with Gasteiger partial charge in [0.05, 0.1) is 0 Å². The van der Waals surface area contributed by atoms with Crippen molar-refractivity contribution in [2.75, 3.05) is 18.6 Å². The van der Waals surface area contributed by atoms with Gasteiger partial charge in [-0.25, -0.2) is 18.5 Å². The first kappa shape index (κ1) is 20.0. The fraction of sp³-hybridized carbons (Fsp3) is 0.250. The highest BCUT2D eigenvalue weighted by molar-refractivity contribution is 6.02. The van der Waals surface area contributed by atoms with Crippen LogP contribution in [0.25, 0.3) is 5.69 Å². The van der Waals surface area contributed by atoms with E-state index in [1.54, 1.807) is 0 Å². The van der Waals surface area contributed by atoms with E-state index >= 15 is 0 Å². The van der Waals surface area contributed by atoms with Gasteiger partial charge in [-0.05, 0) is 0 Å². The number of aromatic nitrogens is 2. The maximum absolute atomic E-state index is 14.8. The molecule has 1 aromatic carbocycles. The number of rotatable bonds is 2. The number of halogens is 4. The van der Waals surface area contributed by atoms with Crippen LogP contribution in [-0.4, -0.2) is 34.8 Å². The second-order valence-electron chi connectivity index (χ2n) is 5.89. The van der Waals surface area contributed by atoms with Gasteiger partial charge in [0.25, 0.3) is 11.5 Å². The van der Waals surface area contributed by atoms with Crippen molar-refractivity contribution in [3.63, 3.8) is 0 Å². The Balaban J connectivity index is 2.47. The monoisotopic (exact) mass is 414 g/mol. The number of alkyl halides is 3. The molecule has 1 aromatic heterocycles. The molecule has 2 heterocycles. The number of hydrogen-bond acceptors (Lipinski definition) is 6. The number of isocyanates is 1. The maximum atomic E-state index is 14.8. The van der Waals surface area contributed by atoms with Crippen molar-refractivity contribution < 1.29 is 31.9 Å². The van der Waals surface area contributed by atoms with Crippen molar-refractivity contribution in [1.82, 2.24) is 9.13 Å². The zero-order chi connectivity index (χ0) is 21.7. The smallest absolute Gasteiger partial charge is 0.431 e. The molecule has 0 unspecified atom stereocenters. The second kappa shape index (κ2) is 6.71. The van der Waals surface area contributed by atoms with E-state index in [9.17, 15) is 36.7 Å². The Kier molecular flexibility index (Phi) is 4.63. The van der Waals surface area contributed by atoms with Crippen LogP contribution in [0.2, 0.25) is 0 Å². The third-order valence-electron chi connectivity index (χ3n) is 4.22. The summed E-state index contributed by atoms with van der Waals surface area (Å²) in [5.41, 5.74) is -6.47. The minimum absolute atomic E-state index is 0.0773. The van der Waals surface area contributed by atoms with E-state index in [2.05, 4.69) is 4.99 Å². The van der Waals surface area contributed by atoms with Crippen LogP contribution in [0.5, 0.6) is 5.75 Å². The molecule has 0 saturated carbocycles. The van der Waals surface area contributed by atoms with Crippen LogP contribution in [0.15, 0.2) is 26.7 Å². The van der Waals surface area contributed by atoms with Crippen LogP contribution >= 0.6 is 0 Å². The summed E-state index contributed by atoms with van der Waals surface area (Å²) in [5.74, 6) is -2.14. The highest BCUT2D eigenvalue weighted by Crippen LogP contribution is 2.44. The molecule has 0 aliphatic carbocycles. The Bertz CT molecular complexity index is 1210. The standard InChI is InChI=1S/C16H10F4N4O5/c1-22-9(16(18,19)20)4-10(26)24(15(22)28)13-7(17)3-8-14(12(13)21-6-25)23(2)11(27)5-29-8/h3-4H,5H2,1-2H3. The number of carbonyl (C=O) groups excluding carboxylic acids is 2. The molecule has 0 N–H and O–H groups in total. The lowest BCUT2D eigenvalue weighted by atomic mass is 10.1. The summed E-state index contributed by atoms with van der Waals surface area (Å²) in [6.45, 7) is -0.450. The van der Waals surface area contributed by atoms with E-state index in [4.69, 9.17) is 4.74 Å². The Morgan fingerprint density at radius 2 is 1.79 bits per heavy atom. The molecule has 13 heteroatoms. The summed E-state index contributed by atoms with van der Waals surface area (Å²) in [6, 6.07) is 0.820. The SMILES string of the molecule is CN1C(=O)COc2cc(F)c(-n3c(=O)cc(C(F)(F)F)n(C)c3=O)c(N=C=O)c21. The highest BCUT2D eigenvalue weighted by atomic mass is 19.4. The molecule has 0 spiro atoms. The molecule has 29 heavy (non-hydrogen) atoms. The summed E-state index contributed by atoms with van der Waals surface area (Å²) >= 11 is 0. The molecule has 1 aliphatic rings. The number of carbonyl (C=O) groups is 1. The molecule has 0 radical (unpaired) electrons. The van der Waals surface area contributed by atoms with Crippen LogP contribution in [0, 0.1) is 5.82 Å². The molecule has 9 nitrogen and oxygen atoms in total. The fourth-order valence-electron chi connectivity index (χ4n) is 2.86. The minimum atomic E-state index is -5.02. The molecule has 1 aliphatic heterocycles. The lowest BCUT2D eigenvalue weighted by Crippen LogP contribution is -2.41. The van der Waals surface area contributed by atoms with Gasteiger partial charge >= 0.3 is 11.9 Å². The Hall–Kier alpha value is -3.73. The molecule has 0 bridgehead atoms. The largest absolute Gasteiger partial charge is 0.481 e. The fourth-order valence-corrected chi connectivity index (χ4v) is 2.86. The lowest BCUT2D eigenvalue weighted by Gasteiger charge is -2.28. The Morgan fingerprint density at radius 1 is 1.14 bits per heavy atom. The predicted molar refractivity (Wildman–Crippen MR) is 88.9 cm³/mol. The van der Waals surface area contributed by atoms with Crippen molar-refractivity contribution in [2.24, 2.45) is 12.0 Å². The van der Waals surface area contributed by atoms with Crippen LogP contribution in [0.3, 0.4) is 0 Å². The Labute approximate surface area is 158 Å². The number of benzene rings is 1. The molecule has 0 atom stereocenters. The second-order valence-corrected chi connectivity index (χ2v) is 5.89. The van der Waals surface area contributed by atoms with Gasteiger partial charge in [0.15, 0.2) is 12.4 Å². The summed E-state index contributed by atoms with van der Waals surface area (Å²) < 4.78 is 59.1. The van der Waals surface area contributed by atoms with E-state index in [-0.39, 0.29) is 26.6 Å². The van der Waals surface area contributed by atoms with Crippen molar-refractivity contribution in [3.05, 3.63) is 44.5 Å². The van der Waals surface area contributed by atoms with E-state index in [0.717, 1.165) is 24.1 Å². The van der Waals surface area contributed by atoms with Crippen LogP contribution in [-0.2, 0) is 22.8 Å². The summed E-state index contributed by atoms with van der Waals surface area (Å²) in [6.07, 6.45) is -3.92. The highest BCUT2D eigenvalue weighted by Gasteiger charge is 2.36. The number of fused-ring (bicyclic) bond motifs is 1. The molecule has 3 rings (SSSR count). The topological polar surface area (TPSA) is 103 Å². The van der Waals surface area contributed by atoms with Crippen molar-refractivity contribution in [2.45, 2.75) is 6.18 Å². The van der Waals surface area contributed by atoms with Gasteiger partial charge in [-0.15, -0.1) is 0 Å². The summed E-state index contributed by atoms with van der Waals surface area (Å²) in [4.78, 5) is 51.8. The van der Waals surface area contributed by atoms with Gasteiger partial charge < -0.3 is 9.64 Å². The number of ether oxygens (including phenoxy) is 1. The molecular weight excluding hydrogens is 404 g/mol.